The van der Waals surface area contributed by atoms with Crippen molar-refractivity contribution in [2.45, 2.75) is 6.18 Å². The zero-order chi connectivity index (χ0) is 22.0. The Labute approximate surface area is 176 Å². The van der Waals surface area contributed by atoms with Crippen molar-refractivity contribution in [1.29, 1.82) is 0 Å². The van der Waals surface area contributed by atoms with Gasteiger partial charge in [0.2, 0.25) is 0 Å². The van der Waals surface area contributed by atoms with Gasteiger partial charge in [-0.05, 0) is 31.3 Å². The number of nitrogens with one attached hydrogen (secondary N) is 1. The van der Waals surface area contributed by atoms with Gasteiger partial charge in [-0.1, -0.05) is 17.3 Å². The van der Waals surface area contributed by atoms with E-state index in [9.17, 15) is 18.0 Å². The van der Waals surface area contributed by atoms with E-state index in [0.717, 1.165) is 48.9 Å². The lowest BCUT2D eigenvalue weighted by Gasteiger charge is -2.33. The highest BCUT2D eigenvalue weighted by Crippen LogP contribution is 2.33. The van der Waals surface area contributed by atoms with Gasteiger partial charge in [0, 0.05) is 26.2 Å². The molecule has 8 nitrogen and oxygen atoms in total. The predicted molar refractivity (Wildman–Crippen MR) is 108 cm³/mol. The monoisotopic (exact) mass is 431 g/mol. The summed E-state index contributed by atoms with van der Waals surface area (Å²) in [5.41, 5.74) is -0.733. The number of rotatable bonds is 4. The quantitative estimate of drug-likeness (QED) is 0.684. The van der Waals surface area contributed by atoms with Gasteiger partial charge >= 0.3 is 6.18 Å². The molecule has 1 aliphatic rings. The number of aromatic nitrogens is 4. The van der Waals surface area contributed by atoms with Gasteiger partial charge in [-0.25, -0.2) is 9.67 Å². The van der Waals surface area contributed by atoms with E-state index < -0.39 is 17.6 Å². The third kappa shape index (κ3) is 4.66. The first-order valence-corrected chi connectivity index (χ1v) is 9.61. The van der Waals surface area contributed by atoms with E-state index in [-0.39, 0.29) is 11.4 Å². The third-order valence-corrected chi connectivity index (χ3v) is 5.02. The van der Waals surface area contributed by atoms with Crippen LogP contribution in [-0.2, 0) is 6.18 Å². The van der Waals surface area contributed by atoms with Gasteiger partial charge in [-0.2, -0.15) is 13.2 Å². The van der Waals surface area contributed by atoms with Crippen molar-refractivity contribution in [2.75, 3.05) is 43.4 Å². The predicted octanol–water partition coefficient (Wildman–Crippen LogP) is 2.69. The molecular weight excluding hydrogens is 411 g/mol. The number of likely N-dealkylation sites (N-methyl/N-ethyl adjacent to an activating group) is 1. The first-order valence-electron chi connectivity index (χ1n) is 9.61. The van der Waals surface area contributed by atoms with Crippen LogP contribution in [-0.4, -0.2) is 64.0 Å². The maximum absolute atomic E-state index is 13.2. The number of nitrogens with zero attached hydrogens (tertiary/aromatic N) is 6. The number of carbonyl (C=O) groups is 1. The van der Waals surface area contributed by atoms with Crippen molar-refractivity contribution in [3.8, 4) is 5.69 Å². The standard InChI is InChI=1S/C20H20F3N7O/c1-28-8-10-29(11-9-28)18-7-6-14(12-24-18)25-19(31)16-13-30(27-26-16)17-5-3-2-4-15(17)20(21,22)23/h2-7,12-13H,8-11H2,1H3,(H,25,31). The minimum Gasteiger partial charge on any atom is -0.354 e. The van der Waals surface area contributed by atoms with Crippen LogP contribution in [0.1, 0.15) is 16.1 Å². The van der Waals surface area contributed by atoms with Crippen molar-refractivity contribution in [2.24, 2.45) is 0 Å². The van der Waals surface area contributed by atoms with E-state index in [1.54, 1.807) is 6.07 Å². The summed E-state index contributed by atoms with van der Waals surface area (Å²) < 4.78 is 40.6. The molecule has 1 amide bonds. The molecule has 11 heteroatoms. The molecule has 1 N–H and O–H groups in total. The van der Waals surface area contributed by atoms with Crippen LogP contribution in [0.4, 0.5) is 24.7 Å². The van der Waals surface area contributed by atoms with Crippen molar-refractivity contribution < 1.29 is 18.0 Å². The molecule has 0 bridgehead atoms. The second kappa shape index (κ2) is 8.34. The second-order valence-corrected chi connectivity index (χ2v) is 7.21. The molecule has 0 saturated carbocycles. The Bertz CT molecular complexity index is 1060. The van der Waals surface area contributed by atoms with E-state index in [1.807, 2.05) is 6.07 Å². The Morgan fingerprint density at radius 2 is 1.81 bits per heavy atom. The van der Waals surface area contributed by atoms with Gasteiger partial charge in [-0.15, -0.1) is 5.10 Å². The maximum Gasteiger partial charge on any atom is 0.418 e. The molecule has 1 aromatic carbocycles. The first kappa shape index (κ1) is 20.8. The molecule has 1 saturated heterocycles. The van der Waals surface area contributed by atoms with Crippen LogP contribution in [0, 0.1) is 0 Å². The second-order valence-electron chi connectivity index (χ2n) is 7.21. The van der Waals surface area contributed by atoms with E-state index >= 15 is 0 Å². The molecular formula is C20H20F3N7O. The number of alkyl halides is 3. The normalized spacial score (nSPS) is 15.2. The lowest BCUT2D eigenvalue weighted by Crippen LogP contribution is -2.44. The Morgan fingerprint density at radius 1 is 1.06 bits per heavy atom. The average Bonchev–Trinajstić information content (AvgIpc) is 3.25. The summed E-state index contributed by atoms with van der Waals surface area (Å²) >= 11 is 0. The zero-order valence-electron chi connectivity index (χ0n) is 16.7. The number of halogens is 3. The molecule has 4 rings (SSSR count). The van der Waals surface area contributed by atoms with Crippen LogP contribution < -0.4 is 10.2 Å². The highest BCUT2D eigenvalue weighted by molar-refractivity contribution is 6.02. The number of amides is 1. The fourth-order valence-electron chi connectivity index (χ4n) is 3.28. The van der Waals surface area contributed by atoms with Crippen LogP contribution in [0.3, 0.4) is 0 Å². The third-order valence-electron chi connectivity index (χ3n) is 5.02. The summed E-state index contributed by atoms with van der Waals surface area (Å²) in [4.78, 5) is 21.3. The molecule has 1 aliphatic heterocycles. The van der Waals surface area contributed by atoms with E-state index in [2.05, 4.69) is 37.5 Å². The molecule has 162 valence electrons. The molecule has 31 heavy (non-hydrogen) atoms. The highest BCUT2D eigenvalue weighted by Gasteiger charge is 2.34. The van der Waals surface area contributed by atoms with Crippen molar-refractivity contribution >= 4 is 17.4 Å². The van der Waals surface area contributed by atoms with Crippen LogP contribution in [0.2, 0.25) is 0 Å². The van der Waals surface area contributed by atoms with Crippen LogP contribution in [0.5, 0.6) is 0 Å². The number of hydrogen-bond donors (Lipinski definition) is 1. The van der Waals surface area contributed by atoms with Crippen molar-refractivity contribution in [1.82, 2.24) is 24.9 Å². The minimum absolute atomic E-state index is 0.111. The SMILES string of the molecule is CN1CCN(c2ccc(NC(=O)c3cn(-c4ccccc4C(F)(F)F)nn3)cn2)CC1. The number of piperazine rings is 1. The smallest absolute Gasteiger partial charge is 0.354 e. The summed E-state index contributed by atoms with van der Waals surface area (Å²) in [5.74, 6) is 0.227. The topological polar surface area (TPSA) is 79.2 Å². The molecule has 3 aromatic rings. The first-order chi connectivity index (χ1) is 14.8. The molecule has 0 spiro atoms. The Morgan fingerprint density at radius 3 is 2.48 bits per heavy atom. The van der Waals surface area contributed by atoms with Crippen molar-refractivity contribution in [3.63, 3.8) is 0 Å². The van der Waals surface area contributed by atoms with Gasteiger partial charge in [-0.3, -0.25) is 4.79 Å². The van der Waals surface area contributed by atoms with Crippen LogP contribution >= 0.6 is 0 Å². The Balaban J connectivity index is 1.45. The number of pyridine rings is 1. The van der Waals surface area contributed by atoms with Gasteiger partial charge < -0.3 is 15.1 Å². The number of carbonyl (C=O) groups excluding carboxylic acids is 1. The number of anilines is 2. The molecule has 1 fully saturated rings. The summed E-state index contributed by atoms with van der Waals surface area (Å²) in [6.45, 7) is 3.65. The highest BCUT2D eigenvalue weighted by atomic mass is 19.4. The molecule has 2 aromatic heterocycles. The van der Waals surface area contributed by atoms with Gasteiger partial charge in [0.15, 0.2) is 5.69 Å². The van der Waals surface area contributed by atoms with E-state index in [1.165, 1.54) is 24.4 Å². The summed E-state index contributed by atoms with van der Waals surface area (Å²) in [6, 6.07) is 8.50. The average molecular weight is 431 g/mol. The number of benzene rings is 1. The Hall–Kier alpha value is -3.47. The fourth-order valence-corrected chi connectivity index (χ4v) is 3.28. The molecule has 0 aliphatic carbocycles. The van der Waals surface area contributed by atoms with Crippen LogP contribution in [0.15, 0.2) is 48.8 Å². The molecule has 0 radical (unpaired) electrons. The summed E-state index contributed by atoms with van der Waals surface area (Å²) in [6.07, 6.45) is -1.86. The number of para-hydroxylation sites is 1. The maximum atomic E-state index is 13.2. The van der Waals surface area contributed by atoms with Gasteiger partial charge in [0.1, 0.15) is 5.82 Å². The van der Waals surface area contributed by atoms with Gasteiger partial charge in [0.25, 0.3) is 5.91 Å². The minimum atomic E-state index is -4.55. The zero-order valence-corrected chi connectivity index (χ0v) is 16.7. The van der Waals surface area contributed by atoms with Crippen LogP contribution in [0.25, 0.3) is 5.69 Å². The summed E-state index contributed by atoms with van der Waals surface area (Å²) in [5, 5.41) is 10.0. The largest absolute Gasteiger partial charge is 0.418 e. The number of hydrogen-bond acceptors (Lipinski definition) is 6. The molecule has 0 atom stereocenters. The Kier molecular flexibility index (Phi) is 5.59. The van der Waals surface area contributed by atoms with Crippen molar-refractivity contribution in [3.05, 3.63) is 60.0 Å². The fraction of sp³-hybridized carbons (Fsp3) is 0.300. The lowest BCUT2D eigenvalue weighted by molar-refractivity contribution is -0.137. The molecule has 0 unspecified atom stereocenters. The van der Waals surface area contributed by atoms with Gasteiger partial charge in [0.05, 0.1) is 29.3 Å². The van der Waals surface area contributed by atoms with E-state index in [0.29, 0.717) is 5.69 Å². The molecule has 3 heterocycles. The summed E-state index contributed by atoms with van der Waals surface area (Å²) in [7, 11) is 2.07. The lowest BCUT2D eigenvalue weighted by atomic mass is 10.1. The van der Waals surface area contributed by atoms with E-state index in [4.69, 9.17) is 0 Å².